The van der Waals surface area contributed by atoms with Gasteiger partial charge in [-0.05, 0) is 23.8 Å². The predicted octanol–water partition coefficient (Wildman–Crippen LogP) is 4.50. The van der Waals surface area contributed by atoms with E-state index >= 15 is 0 Å². The molecule has 3 rings (SSSR count). The maximum atomic E-state index is 11.8. The predicted molar refractivity (Wildman–Crippen MR) is 80.0 cm³/mol. The van der Waals surface area contributed by atoms with Crippen molar-refractivity contribution >= 4 is 34.1 Å². The first-order valence-corrected chi connectivity index (χ1v) is 6.49. The molecule has 0 aliphatic heterocycles. The van der Waals surface area contributed by atoms with Crippen molar-refractivity contribution in [2.24, 2.45) is 0 Å². The summed E-state index contributed by atoms with van der Waals surface area (Å²) >= 11 is 12.4. The number of para-hydroxylation sites is 1. The molecule has 0 unspecified atom stereocenters. The Morgan fingerprint density at radius 3 is 2.32 bits per heavy atom. The minimum Gasteiger partial charge on any atom is -0.322 e. The van der Waals surface area contributed by atoms with Crippen LogP contribution in [0, 0.1) is 0 Å². The van der Waals surface area contributed by atoms with Gasteiger partial charge < -0.3 is 4.98 Å². The maximum Gasteiger partial charge on any atom is 0.249 e. The zero-order chi connectivity index (χ0) is 13.4. The number of aromatic nitrogens is 1. The third-order valence-corrected chi connectivity index (χ3v) is 3.61. The van der Waals surface area contributed by atoms with E-state index in [1.54, 1.807) is 18.2 Å². The van der Waals surface area contributed by atoms with Crippen LogP contribution in [0.1, 0.15) is 0 Å². The molecule has 0 saturated carbocycles. The largest absolute Gasteiger partial charge is 0.322 e. The fourth-order valence-corrected chi connectivity index (χ4v) is 2.77. The minimum atomic E-state index is -0.176. The van der Waals surface area contributed by atoms with Crippen LogP contribution in [0.2, 0.25) is 10.0 Å². The Bertz CT molecular complexity index is 803. The summed E-state index contributed by atoms with van der Waals surface area (Å²) in [4.78, 5) is 14.6. The van der Waals surface area contributed by atoms with Crippen molar-refractivity contribution in [3.05, 3.63) is 68.9 Å². The van der Waals surface area contributed by atoms with E-state index in [-0.39, 0.29) is 5.56 Å². The molecule has 94 valence electrons. The number of H-pyrrole nitrogens is 1. The summed E-state index contributed by atoms with van der Waals surface area (Å²) in [6.07, 6.45) is 0. The molecule has 0 radical (unpaired) electrons. The van der Waals surface area contributed by atoms with Crippen molar-refractivity contribution in [3.8, 4) is 11.1 Å². The van der Waals surface area contributed by atoms with Crippen LogP contribution in [0.15, 0.2) is 53.3 Å². The van der Waals surface area contributed by atoms with Gasteiger partial charge in [-0.2, -0.15) is 0 Å². The lowest BCUT2D eigenvalue weighted by Crippen LogP contribution is -2.04. The summed E-state index contributed by atoms with van der Waals surface area (Å²) in [6, 6.07) is 14.4. The second-order valence-electron chi connectivity index (χ2n) is 4.19. The Morgan fingerprint density at radius 2 is 1.58 bits per heavy atom. The molecule has 0 aliphatic carbocycles. The standard InChI is InChI=1S/C15H9Cl2NO/c16-11-5-3-6-12(17)15(11)10-8-14(19)18-13-7-2-1-4-9(10)13/h1-8H,(H,18,19). The van der Waals surface area contributed by atoms with Gasteiger partial charge in [0, 0.05) is 32.6 Å². The molecule has 0 bridgehead atoms. The molecule has 4 heteroatoms. The van der Waals surface area contributed by atoms with Crippen LogP contribution in [-0.4, -0.2) is 4.98 Å². The highest BCUT2D eigenvalue weighted by Gasteiger charge is 2.12. The van der Waals surface area contributed by atoms with Crippen LogP contribution in [-0.2, 0) is 0 Å². The highest BCUT2D eigenvalue weighted by molar-refractivity contribution is 6.39. The van der Waals surface area contributed by atoms with E-state index in [0.29, 0.717) is 15.6 Å². The van der Waals surface area contributed by atoms with E-state index in [9.17, 15) is 4.79 Å². The average molecular weight is 290 g/mol. The number of nitrogens with one attached hydrogen (secondary N) is 1. The monoisotopic (exact) mass is 289 g/mol. The summed E-state index contributed by atoms with van der Waals surface area (Å²) in [5.41, 5.74) is 2.02. The number of rotatable bonds is 1. The highest BCUT2D eigenvalue weighted by atomic mass is 35.5. The SMILES string of the molecule is O=c1cc(-c2c(Cl)cccc2Cl)c2ccccc2[nH]1. The Hall–Kier alpha value is -1.77. The molecule has 0 fully saturated rings. The van der Waals surface area contributed by atoms with Crippen molar-refractivity contribution in [3.63, 3.8) is 0 Å². The van der Waals surface area contributed by atoms with Gasteiger partial charge in [0.05, 0.1) is 0 Å². The van der Waals surface area contributed by atoms with Gasteiger partial charge in [-0.15, -0.1) is 0 Å². The number of fused-ring (bicyclic) bond motifs is 1. The highest BCUT2D eigenvalue weighted by Crippen LogP contribution is 2.37. The van der Waals surface area contributed by atoms with E-state index in [0.717, 1.165) is 16.5 Å². The normalized spacial score (nSPS) is 10.8. The second-order valence-corrected chi connectivity index (χ2v) is 5.00. The maximum absolute atomic E-state index is 11.8. The smallest absolute Gasteiger partial charge is 0.249 e. The molecule has 0 atom stereocenters. The van der Waals surface area contributed by atoms with Gasteiger partial charge in [0.2, 0.25) is 5.56 Å². The zero-order valence-electron chi connectivity index (χ0n) is 9.78. The van der Waals surface area contributed by atoms with Crippen molar-refractivity contribution in [2.45, 2.75) is 0 Å². The molecule has 1 aromatic heterocycles. The molecule has 2 nitrogen and oxygen atoms in total. The summed E-state index contributed by atoms with van der Waals surface area (Å²) in [5, 5.41) is 1.98. The molecular formula is C15H9Cl2NO. The molecule has 1 heterocycles. The number of aromatic amines is 1. The Labute approximate surface area is 119 Å². The summed E-state index contributed by atoms with van der Waals surface area (Å²) < 4.78 is 0. The molecule has 3 aromatic rings. The van der Waals surface area contributed by atoms with Gasteiger partial charge >= 0.3 is 0 Å². The summed E-state index contributed by atoms with van der Waals surface area (Å²) in [7, 11) is 0. The number of halogens is 2. The molecule has 0 saturated heterocycles. The minimum absolute atomic E-state index is 0.176. The van der Waals surface area contributed by atoms with E-state index in [2.05, 4.69) is 4.98 Å². The third-order valence-electron chi connectivity index (χ3n) is 2.98. The van der Waals surface area contributed by atoms with Crippen molar-refractivity contribution in [2.75, 3.05) is 0 Å². The van der Waals surface area contributed by atoms with Gasteiger partial charge in [-0.1, -0.05) is 47.5 Å². The first kappa shape index (κ1) is 12.3. The van der Waals surface area contributed by atoms with Crippen molar-refractivity contribution in [1.29, 1.82) is 0 Å². The summed E-state index contributed by atoms with van der Waals surface area (Å²) in [6.45, 7) is 0. The van der Waals surface area contributed by atoms with Gasteiger partial charge in [-0.3, -0.25) is 4.79 Å². The lowest BCUT2D eigenvalue weighted by Gasteiger charge is -2.10. The van der Waals surface area contributed by atoms with E-state index in [4.69, 9.17) is 23.2 Å². The van der Waals surface area contributed by atoms with E-state index < -0.39 is 0 Å². The lowest BCUT2D eigenvalue weighted by atomic mass is 10.0. The molecule has 19 heavy (non-hydrogen) atoms. The second kappa shape index (κ2) is 4.72. The first-order valence-electron chi connectivity index (χ1n) is 5.73. The fourth-order valence-electron chi connectivity index (χ4n) is 2.17. The number of hydrogen-bond acceptors (Lipinski definition) is 1. The quantitative estimate of drug-likeness (QED) is 0.703. The van der Waals surface area contributed by atoms with Crippen LogP contribution in [0.5, 0.6) is 0 Å². The Kier molecular flexibility index (Phi) is 3.05. The molecular weight excluding hydrogens is 281 g/mol. The van der Waals surface area contributed by atoms with Crippen LogP contribution in [0.4, 0.5) is 0 Å². The van der Waals surface area contributed by atoms with Gasteiger partial charge in [0.15, 0.2) is 0 Å². The molecule has 1 N–H and O–H groups in total. The van der Waals surface area contributed by atoms with Gasteiger partial charge in [-0.25, -0.2) is 0 Å². The molecule has 0 spiro atoms. The molecule has 0 aliphatic rings. The number of pyridine rings is 1. The average Bonchev–Trinajstić information content (AvgIpc) is 2.38. The molecule has 2 aromatic carbocycles. The van der Waals surface area contributed by atoms with Crippen LogP contribution in [0.3, 0.4) is 0 Å². The van der Waals surface area contributed by atoms with Gasteiger partial charge in [0.25, 0.3) is 0 Å². The number of benzene rings is 2. The third kappa shape index (κ3) is 2.14. The van der Waals surface area contributed by atoms with Crippen molar-refractivity contribution in [1.82, 2.24) is 4.98 Å². The Balaban J connectivity index is 2.46. The fraction of sp³-hybridized carbons (Fsp3) is 0. The first-order chi connectivity index (χ1) is 9.16. The van der Waals surface area contributed by atoms with E-state index in [1.807, 2.05) is 24.3 Å². The van der Waals surface area contributed by atoms with Crippen molar-refractivity contribution < 1.29 is 0 Å². The Morgan fingerprint density at radius 1 is 0.895 bits per heavy atom. The van der Waals surface area contributed by atoms with Crippen LogP contribution < -0.4 is 5.56 Å². The van der Waals surface area contributed by atoms with Crippen LogP contribution >= 0.6 is 23.2 Å². The molecule has 0 amide bonds. The topological polar surface area (TPSA) is 32.9 Å². The lowest BCUT2D eigenvalue weighted by molar-refractivity contribution is 1.31. The van der Waals surface area contributed by atoms with E-state index in [1.165, 1.54) is 6.07 Å². The van der Waals surface area contributed by atoms with Crippen LogP contribution in [0.25, 0.3) is 22.0 Å². The zero-order valence-corrected chi connectivity index (χ0v) is 11.3. The van der Waals surface area contributed by atoms with Gasteiger partial charge in [0.1, 0.15) is 0 Å². The number of hydrogen-bond donors (Lipinski definition) is 1. The summed E-state index contributed by atoms with van der Waals surface area (Å²) in [5.74, 6) is 0.